The Labute approximate surface area is 88.2 Å². The van der Waals surface area contributed by atoms with E-state index in [1.165, 1.54) is 37.7 Å². The molecule has 0 amide bonds. The van der Waals surface area contributed by atoms with Crippen LogP contribution in [0.5, 0.6) is 0 Å². The van der Waals surface area contributed by atoms with Crippen LogP contribution in [0.15, 0.2) is 11.6 Å². The van der Waals surface area contributed by atoms with Gasteiger partial charge in [0.2, 0.25) is 0 Å². The van der Waals surface area contributed by atoms with Crippen molar-refractivity contribution < 1.29 is 5.11 Å². The summed E-state index contributed by atoms with van der Waals surface area (Å²) in [5.74, 6) is 0.853. The summed E-state index contributed by atoms with van der Waals surface area (Å²) in [5, 5.41) is 9.38. The van der Waals surface area contributed by atoms with E-state index in [4.69, 9.17) is 0 Å². The van der Waals surface area contributed by atoms with Crippen molar-refractivity contribution in [3.05, 3.63) is 11.6 Å². The molecule has 1 heteroatoms. The molecular formula is C13H24O. The maximum Gasteiger partial charge on any atom is 0.0726 e. The number of rotatable bonds is 6. The van der Waals surface area contributed by atoms with Crippen LogP contribution in [-0.4, -0.2) is 11.2 Å². The zero-order valence-corrected chi connectivity index (χ0v) is 9.63. The number of aliphatic hydroxyl groups excluding tert-OH is 1. The largest absolute Gasteiger partial charge is 0.389 e. The first-order chi connectivity index (χ1) is 6.76. The highest BCUT2D eigenvalue weighted by Crippen LogP contribution is 2.28. The summed E-state index contributed by atoms with van der Waals surface area (Å²) in [7, 11) is 0. The molecule has 0 bridgehead atoms. The van der Waals surface area contributed by atoms with Gasteiger partial charge in [-0.3, -0.25) is 0 Å². The Morgan fingerprint density at radius 3 is 2.79 bits per heavy atom. The van der Waals surface area contributed by atoms with Crippen molar-refractivity contribution in [1.29, 1.82) is 0 Å². The van der Waals surface area contributed by atoms with Crippen molar-refractivity contribution in [2.45, 2.75) is 64.9 Å². The van der Waals surface area contributed by atoms with Crippen molar-refractivity contribution in [3.8, 4) is 0 Å². The molecule has 14 heavy (non-hydrogen) atoms. The van der Waals surface area contributed by atoms with E-state index in [2.05, 4.69) is 19.9 Å². The van der Waals surface area contributed by atoms with E-state index in [0.717, 1.165) is 18.8 Å². The molecule has 0 saturated carbocycles. The average molecular weight is 196 g/mol. The predicted molar refractivity (Wildman–Crippen MR) is 61.2 cm³/mol. The van der Waals surface area contributed by atoms with Gasteiger partial charge in [-0.15, -0.1) is 0 Å². The highest BCUT2D eigenvalue weighted by atomic mass is 16.3. The monoisotopic (exact) mass is 196 g/mol. The summed E-state index contributed by atoms with van der Waals surface area (Å²) in [6.45, 7) is 4.54. The summed E-state index contributed by atoms with van der Waals surface area (Å²) < 4.78 is 0. The van der Waals surface area contributed by atoms with Gasteiger partial charge in [-0.25, -0.2) is 0 Å². The molecule has 2 unspecified atom stereocenters. The summed E-state index contributed by atoms with van der Waals surface area (Å²) in [4.78, 5) is 0. The quantitative estimate of drug-likeness (QED) is 0.643. The maximum atomic E-state index is 9.38. The van der Waals surface area contributed by atoms with Gasteiger partial charge in [0.05, 0.1) is 6.10 Å². The van der Waals surface area contributed by atoms with Gasteiger partial charge in [0.1, 0.15) is 0 Å². The molecule has 2 atom stereocenters. The van der Waals surface area contributed by atoms with E-state index in [1.54, 1.807) is 0 Å². The van der Waals surface area contributed by atoms with Gasteiger partial charge in [0, 0.05) is 0 Å². The molecule has 1 nitrogen and oxygen atoms in total. The van der Waals surface area contributed by atoms with Crippen molar-refractivity contribution in [1.82, 2.24) is 0 Å². The first kappa shape index (κ1) is 11.8. The minimum absolute atomic E-state index is 0.145. The third kappa shape index (κ3) is 3.83. The lowest BCUT2D eigenvalue weighted by Crippen LogP contribution is -1.99. The molecule has 0 heterocycles. The molecule has 0 radical (unpaired) electrons. The third-order valence-electron chi connectivity index (χ3n) is 3.28. The molecule has 0 aliphatic heterocycles. The third-order valence-corrected chi connectivity index (χ3v) is 3.28. The minimum Gasteiger partial charge on any atom is -0.389 e. The van der Waals surface area contributed by atoms with Gasteiger partial charge in [-0.2, -0.15) is 0 Å². The number of hydrogen-bond donors (Lipinski definition) is 1. The fraction of sp³-hybridized carbons (Fsp3) is 0.846. The van der Waals surface area contributed by atoms with Crippen LogP contribution in [0.4, 0.5) is 0 Å². The van der Waals surface area contributed by atoms with Gasteiger partial charge in [-0.05, 0) is 25.2 Å². The molecule has 0 aromatic carbocycles. The van der Waals surface area contributed by atoms with Crippen LogP contribution in [0.2, 0.25) is 0 Å². The van der Waals surface area contributed by atoms with Crippen molar-refractivity contribution in [2.75, 3.05) is 0 Å². The zero-order chi connectivity index (χ0) is 10.4. The molecule has 0 aromatic rings. The van der Waals surface area contributed by atoms with Crippen LogP contribution in [0.3, 0.4) is 0 Å². The van der Waals surface area contributed by atoms with Crippen LogP contribution in [0, 0.1) is 5.92 Å². The topological polar surface area (TPSA) is 20.2 Å². The highest BCUT2D eigenvalue weighted by Gasteiger charge is 2.15. The van der Waals surface area contributed by atoms with Crippen LogP contribution in [-0.2, 0) is 0 Å². The molecule has 0 aromatic heterocycles. The van der Waals surface area contributed by atoms with Gasteiger partial charge in [0.15, 0.2) is 0 Å². The molecule has 82 valence electrons. The first-order valence-electron chi connectivity index (χ1n) is 6.13. The molecular weight excluding hydrogens is 172 g/mol. The Balaban J connectivity index is 2.29. The molecule has 0 spiro atoms. The molecule has 1 rings (SSSR count). The molecule has 0 fully saturated rings. The molecule has 0 saturated heterocycles. The summed E-state index contributed by atoms with van der Waals surface area (Å²) in [6, 6.07) is 0. The lowest BCUT2D eigenvalue weighted by molar-refractivity contribution is 0.223. The Morgan fingerprint density at radius 2 is 2.29 bits per heavy atom. The second kappa shape index (κ2) is 6.23. The molecule has 1 aliphatic carbocycles. The second-order valence-electron chi connectivity index (χ2n) is 4.55. The van der Waals surface area contributed by atoms with Crippen LogP contribution >= 0.6 is 0 Å². The van der Waals surface area contributed by atoms with Crippen molar-refractivity contribution in [2.24, 2.45) is 5.92 Å². The summed E-state index contributed by atoms with van der Waals surface area (Å²) in [6.07, 6.45) is 10.6. The van der Waals surface area contributed by atoms with Gasteiger partial charge in [-0.1, -0.05) is 51.2 Å². The number of hydrogen-bond acceptors (Lipinski definition) is 1. The van der Waals surface area contributed by atoms with E-state index in [1.807, 2.05) is 0 Å². The Hall–Kier alpha value is -0.300. The fourth-order valence-electron chi connectivity index (χ4n) is 2.26. The normalized spacial score (nSPS) is 23.6. The van der Waals surface area contributed by atoms with E-state index < -0.39 is 0 Å². The predicted octanol–water partition coefficient (Wildman–Crippen LogP) is 3.67. The SMILES string of the molecule is CCCCC(CC)CC1=CC(O)CC1. The summed E-state index contributed by atoms with van der Waals surface area (Å²) >= 11 is 0. The van der Waals surface area contributed by atoms with E-state index in [9.17, 15) is 5.11 Å². The lowest BCUT2D eigenvalue weighted by atomic mass is 9.92. The second-order valence-corrected chi connectivity index (χ2v) is 4.55. The van der Waals surface area contributed by atoms with Crippen LogP contribution in [0.1, 0.15) is 58.8 Å². The van der Waals surface area contributed by atoms with E-state index >= 15 is 0 Å². The lowest BCUT2D eigenvalue weighted by Gasteiger charge is -2.14. The smallest absolute Gasteiger partial charge is 0.0726 e. The molecule has 1 N–H and O–H groups in total. The first-order valence-corrected chi connectivity index (χ1v) is 6.13. The number of allylic oxidation sites excluding steroid dienone is 1. The number of aliphatic hydroxyl groups is 1. The van der Waals surface area contributed by atoms with Crippen molar-refractivity contribution >= 4 is 0 Å². The standard InChI is InChI=1S/C13H24O/c1-3-5-6-11(4-2)9-12-7-8-13(14)10-12/h10-11,13-14H,3-9H2,1-2H3. The minimum atomic E-state index is -0.145. The van der Waals surface area contributed by atoms with Gasteiger partial charge < -0.3 is 5.11 Å². The Bertz CT molecular complexity index is 184. The zero-order valence-electron chi connectivity index (χ0n) is 9.63. The van der Waals surface area contributed by atoms with E-state index in [-0.39, 0.29) is 6.10 Å². The highest BCUT2D eigenvalue weighted by molar-refractivity contribution is 5.12. The van der Waals surface area contributed by atoms with Crippen LogP contribution in [0.25, 0.3) is 0 Å². The van der Waals surface area contributed by atoms with Gasteiger partial charge in [0.25, 0.3) is 0 Å². The van der Waals surface area contributed by atoms with Gasteiger partial charge >= 0.3 is 0 Å². The Kier molecular flexibility index (Phi) is 5.24. The molecule has 1 aliphatic rings. The summed E-state index contributed by atoms with van der Waals surface area (Å²) in [5.41, 5.74) is 1.50. The van der Waals surface area contributed by atoms with E-state index in [0.29, 0.717) is 0 Å². The maximum absolute atomic E-state index is 9.38. The van der Waals surface area contributed by atoms with Crippen LogP contribution < -0.4 is 0 Å². The van der Waals surface area contributed by atoms with Crippen molar-refractivity contribution in [3.63, 3.8) is 0 Å². The number of unbranched alkanes of at least 4 members (excludes halogenated alkanes) is 1. The average Bonchev–Trinajstić information content (AvgIpc) is 2.58. The fourth-order valence-corrected chi connectivity index (χ4v) is 2.26. The Morgan fingerprint density at radius 1 is 1.50 bits per heavy atom.